The highest BCUT2D eigenvalue weighted by Gasteiger charge is 2.16. The van der Waals surface area contributed by atoms with Gasteiger partial charge >= 0.3 is 5.97 Å². The Hall–Kier alpha value is -2.82. The Bertz CT molecular complexity index is 796. The quantitative estimate of drug-likeness (QED) is 0.748. The Labute approximate surface area is 120 Å². The first kappa shape index (κ1) is 13.2. The number of ether oxygens (including phenoxy) is 2. The average Bonchev–Trinajstić information content (AvgIpc) is 2.50. The summed E-state index contributed by atoms with van der Waals surface area (Å²) in [5.74, 6) is 0.282. The number of aromatic nitrogens is 1. The van der Waals surface area contributed by atoms with Crippen molar-refractivity contribution in [3.63, 3.8) is 0 Å². The van der Waals surface area contributed by atoms with Gasteiger partial charge in [-0.2, -0.15) is 0 Å². The molecule has 0 saturated carbocycles. The SMILES string of the molecule is COc1ccc2c(C(=O)O)c3ccc(OC)cc3nc2c1. The molecule has 106 valence electrons. The van der Waals surface area contributed by atoms with Crippen LogP contribution in [0, 0.1) is 0 Å². The van der Waals surface area contributed by atoms with Crippen LogP contribution < -0.4 is 9.47 Å². The fourth-order valence-electron chi connectivity index (χ4n) is 2.39. The lowest BCUT2D eigenvalue weighted by molar-refractivity contribution is 0.0701. The number of carbonyl (C=O) groups is 1. The number of aromatic carboxylic acids is 1. The zero-order chi connectivity index (χ0) is 15.0. The Morgan fingerprint density at radius 3 is 1.81 bits per heavy atom. The molecule has 0 aliphatic carbocycles. The Morgan fingerprint density at radius 2 is 1.43 bits per heavy atom. The number of pyridine rings is 1. The summed E-state index contributed by atoms with van der Waals surface area (Å²) in [7, 11) is 3.12. The molecule has 0 fully saturated rings. The zero-order valence-corrected chi connectivity index (χ0v) is 11.6. The second kappa shape index (κ2) is 4.94. The fourth-order valence-corrected chi connectivity index (χ4v) is 2.39. The van der Waals surface area contributed by atoms with Crippen molar-refractivity contribution in [1.82, 2.24) is 4.98 Å². The normalized spacial score (nSPS) is 10.8. The third kappa shape index (κ3) is 2.12. The number of methoxy groups -OCH3 is 2. The molecule has 5 nitrogen and oxygen atoms in total. The van der Waals surface area contributed by atoms with Gasteiger partial charge in [-0.05, 0) is 24.3 Å². The minimum atomic E-state index is -0.984. The van der Waals surface area contributed by atoms with E-state index in [1.54, 1.807) is 50.6 Å². The molecule has 1 aromatic heterocycles. The van der Waals surface area contributed by atoms with Crippen LogP contribution >= 0.6 is 0 Å². The van der Waals surface area contributed by atoms with Gasteiger partial charge < -0.3 is 14.6 Å². The largest absolute Gasteiger partial charge is 0.497 e. The molecule has 5 heteroatoms. The van der Waals surface area contributed by atoms with E-state index in [0.29, 0.717) is 33.3 Å². The van der Waals surface area contributed by atoms with Gasteiger partial charge in [0.05, 0.1) is 30.8 Å². The second-order valence-corrected chi connectivity index (χ2v) is 4.56. The number of benzene rings is 2. The predicted molar refractivity (Wildman–Crippen MR) is 79.3 cm³/mol. The van der Waals surface area contributed by atoms with E-state index in [4.69, 9.17) is 9.47 Å². The smallest absolute Gasteiger partial charge is 0.337 e. The summed E-state index contributed by atoms with van der Waals surface area (Å²) in [5.41, 5.74) is 1.39. The Morgan fingerprint density at radius 1 is 0.952 bits per heavy atom. The van der Waals surface area contributed by atoms with Gasteiger partial charge in [0.25, 0.3) is 0 Å². The number of hydrogen-bond donors (Lipinski definition) is 1. The maximum absolute atomic E-state index is 11.6. The molecule has 3 aromatic rings. The van der Waals surface area contributed by atoms with Gasteiger partial charge in [0.15, 0.2) is 0 Å². The third-order valence-electron chi connectivity index (χ3n) is 3.40. The highest BCUT2D eigenvalue weighted by Crippen LogP contribution is 2.30. The molecular weight excluding hydrogens is 270 g/mol. The van der Waals surface area contributed by atoms with Gasteiger partial charge in [0, 0.05) is 22.9 Å². The summed E-state index contributed by atoms with van der Waals surface area (Å²) in [6.45, 7) is 0. The van der Waals surface area contributed by atoms with Crippen molar-refractivity contribution in [3.8, 4) is 11.5 Å². The highest BCUT2D eigenvalue weighted by molar-refractivity contribution is 6.14. The van der Waals surface area contributed by atoms with E-state index in [1.165, 1.54) is 0 Å². The number of carboxylic acid groups (broad SMARTS) is 1. The van der Waals surface area contributed by atoms with Gasteiger partial charge in [-0.25, -0.2) is 9.78 Å². The zero-order valence-electron chi connectivity index (χ0n) is 11.6. The molecule has 3 rings (SSSR count). The maximum atomic E-state index is 11.6. The number of hydrogen-bond acceptors (Lipinski definition) is 4. The molecule has 0 spiro atoms. The molecule has 21 heavy (non-hydrogen) atoms. The van der Waals surface area contributed by atoms with Crippen molar-refractivity contribution in [2.75, 3.05) is 14.2 Å². The molecule has 0 atom stereocenters. The lowest BCUT2D eigenvalue weighted by Crippen LogP contribution is -2.01. The third-order valence-corrected chi connectivity index (χ3v) is 3.40. The van der Waals surface area contributed by atoms with Gasteiger partial charge in [-0.1, -0.05) is 0 Å². The van der Waals surface area contributed by atoms with Gasteiger partial charge in [-0.15, -0.1) is 0 Å². The van der Waals surface area contributed by atoms with Crippen molar-refractivity contribution >= 4 is 27.8 Å². The molecule has 1 heterocycles. The Balaban J connectivity index is 2.45. The molecule has 0 aliphatic rings. The molecule has 0 bridgehead atoms. The summed E-state index contributed by atoms with van der Waals surface area (Å²) >= 11 is 0. The number of fused-ring (bicyclic) bond motifs is 2. The first-order valence-corrected chi connectivity index (χ1v) is 6.33. The molecule has 0 saturated heterocycles. The number of nitrogens with zero attached hydrogens (tertiary/aromatic N) is 1. The molecule has 0 aliphatic heterocycles. The van der Waals surface area contributed by atoms with Crippen LogP contribution in [0.1, 0.15) is 10.4 Å². The van der Waals surface area contributed by atoms with E-state index in [-0.39, 0.29) is 5.56 Å². The monoisotopic (exact) mass is 283 g/mol. The molecule has 0 radical (unpaired) electrons. The van der Waals surface area contributed by atoms with Crippen LogP contribution in [0.25, 0.3) is 21.8 Å². The summed E-state index contributed by atoms with van der Waals surface area (Å²) in [4.78, 5) is 16.2. The lowest BCUT2D eigenvalue weighted by atomic mass is 10.0. The van der Waals surface area contributed by atoms with Gasteiger partial charge in [0.1, 0.15) is 11.5 Å². The van der Waals surface area contributed by atoms with E-state index < -0.39 is 5.97 Å². The standard InChI is InChI=1S/C16H13NO4/c1-20-9-3-5-11-13(7-9)17-14-8-10(21-2)4-6-12(14)15(11)16(18)19/h3-8H,1-2H3,(H,18,19). The molecule has 1 N–H and O–H groups in total. The van der Waals surface area contributed by atoms with Crippen LogP contribution in [0.4, 0.5) is 0 Å². The van der Waals surface area contributed by atoms with Crippen LogP contribution in [0.5, 0.6) is 11.5 Å². The lowest BCUT2D eigenvalue weighted by Gasteiger charge is -2.09. The number of carboxylic acids is 1. The van der Waals surface area contributed by atoms with Crippen LogP contribution in [-0.2, 0) is 0 Å². The number of rotatable bonds is 3. The van der Waals surface area contributed by atoms with Crippen molar-refractivity contribution in [2.24, 2.45) is 0 Å². The second-order valence-electron chi connectivity index (χ2n) is 4.56. The fraction of sp³-hybridized carbons (Fsp3) is 0.125. The van der Waals surface area contributed by atoms with Crippen LogP contribution in [-0.4, -0.2) is 30.3 Å². The first-order chi connectivity index (χ1) is 10.1. The maximum Gasteiger partial charge on any atom is 0.337 e. The average molecular weight is 283 g/mol. The summed E-state index contributed by atoms with van der Waals surface area (Å²) in [6.07, 6.45) is 0. The van der Waals surface area contributed by atoms with E-state index in [9.17, 15) is 9.90 Å². The van der Waals surface area contributed by atoms with Gasteiger partial charge in [-0.3, -0.25) is 0 Å². The molecule has 0 unspecified atom stereocenters. The van der Waals surface area contributed by atoms with Crippen molar-refractivity contribution in [2.45, 2.75) is 0 Å². The van der Waals surface area contributed by atoms with Crippen molar-refractivity contribution in [3.05, 3.63) is 42.0 Å². The molecule has 2 aromatic carbocycles. The van der Waals surface area contributed by atoms with E-state index in [0.717, 1.165) is 0 Å². The van der Waals surface area contributed by atoms with E-state index in [2.05, 4.69) is 4.98 Å². The van der Waals surface area contributed by atoms with Crippen molar-refractivity contribution < 1.29 is 19.4 Å². The van der Waals surface area contributed by atoms with E-state index >= 15 is 0 Å². The van der Waals surface area contributed by atoms with Gasteiger partial charge in [0.2, 0.25) is 0 Å². The van der Waals surface area contributed by atoms with Crippen LogP contribution in [0.15, 0.2) is 36.4 Å². The minimum Gasteiger partial charge on any atom is -0.497 e. The van der Waals surface area contributed by atoms with E-state index in [1.807, 2.05) is 0 Å². The topological polar surface area (TPSA) is 68.7 Å². The Kier molecular flexibility index (Phi) is 3.10. The van der Waals surface area contributed by atoms with Crippen LogP contribution in [0.2, 0.25) is 0 Å². The first-order valence-electron chi connectivity index (χ1n) is 6.33. The summed E-state index contributed by atoms with van der Waals surface area (Å²) in [6, 6.07) is 10.3. The van der Waals surface area contributed by atoms with Crippen molar-refractivity contribution in [1.29, 1.82) is 0 Å². The van der Waals surface area contributed by atoms with Crippen LogP contribution in [0.3, 0.4) is 0 Å². The summed E-state index contributed by atoms with van der Waals surface area (Å²) < 4.78 is 10.3. The molecule has 0 amide bonds. The molecular formula is C16H13NO4. The highest BCUT2D eigenvalue weighted by atomic mass is 16.5. The summed E-state index contributed by atoms with van der Waals surface area (Å²) in [5, 5.41) is 10.7. The predicted octanol–water partition coefficient (Wildman–Crippen LogP) is 3.10. The minimum absolute atomic E-state index is 0.236.